The first-order valence-electron chi connectivity index (χ1n) is 8.49. The number of amides is 1. The molecule has 0 spiro atoms. The molecule has 126 valence electrons. The van der Waals surface area contributed by atoms with E-state index in [-0.39, 0.29) is 5.91 Å². The lowest BCUT2D eigenvalue weighted by atomic mass is 10.1. The Morgan fingerprint density at radius 1 is 0.833 bits per heavy atom. The maximum atomic E-state index is 10.9. The second-order valence-corrected chi connectivity index (χ2v) is 4.98. The van der Waals surface area contributed by atoms with Gasteiger partial charge in [-0.1, -0.05) is 81.4 Å². The monoisotopic (exact) mass is 321 g/mol. The highest BCUT2D eigenvalue weighted by molar-refractivity contribution is 5.93. The van der Waals surface area contributed by atoms with Crippen LogP contribution >= 0.6 is 0 Å². The van der Waals surface area contributed by atoms with Crippen LogP contribution in [0.2, 0.25) is 0 Å². The van der Waals surface area contributed by atoms with Crippen molar-refractivity contribution < 1.29 is 4.79 Å². The second-order valence-electron chi connectivity index (χ2n) is 4.98. The molecule has 24 heavy (non-hydrogen) atoms. The Balaban J connectivity index is 0.000000221. The first-order valence-corrected chi connectivity index (χ1v) is 8.49. The Bertz CT molecular complexity index is 735. The average molecular weight is 321 g/mol. The minimum Gasteiger partial charge on any atom is -0.355 e. The van der Waals surface area contributed by atoms with Crippen LogP contribution in [-0.4, -0.2) is 13.0 Å². The van der Waals surface area contributed by atoms with Crippen molar-refractivity contribution in [1.82, 2.24) is 5.32 Å². The van der Waals surface area contributed by atoms with E-state index in [4.69, 9.17) is 0 Å². The Morgan fingerprint density at radius 3 is 2.00 bits per heavy atom. The van der Waals surface area contributed by atoms with Gasteiger partial charge in [0.15, 0.2) is 0 Å². The van der Waals surface area contributed by atoms with Crippen LogP contribution in [0.15, 0.2) is 72.8 Å². The largest absolute Gasteiger partial charge is 0.355 e. The van der Waals surface area contributed by atoms with Gasteiger partial charge in [-0.05, 0) is 34.9 Å². The summed E-state index contributed by atoms with van der Waals surface area (Å²) >= 11 is 0. The van der Waals surface area contributed by atoms with Gasteiger partial charge in [-0.3, -0.25) is 4.79 Å². The molecule has 0 saturated carbocycles. The molecule has 0 aliphatic carbocycles. The summed E-state index contributed by atoms with van der Waals surface area (Å²) in [7, 11) is 1.62. The lowest BCUT2D eigenvalue weighted by Crippen LogP contribution is -2.17. The van der Waals surface area contributed by atoms with Gasteiger partial charge in [0.2, 0.25) is 0 Å². The number of benzene rings is 3. The molecule has 0 atom stereocenters. The second kappa shape index (κ2) is 11.0. The predicted octanol–water partition coefficient (Wildman–Crippen LogP) is 5.47. The van der Waals surface area contributed by atoms with Crippen molar-refractivity contribution in [3.05, 3.63) is 83.9 Å². The van der Waals surface area contributed by atoms with Crippen molar-refractivity contribution in [3.8, 4) is 0 Å². The van der Waals surface area contributed by atoms with Gasteiger partial charge >= 0.3 is 0 Å². The SMILES string of the molecule is CC.CCc1ccc2ccccc2c1.CNC(=O)c1ccccc1. The average Bonchev–Trinajstić information content (AvgIpc) is 2.69. The van der Waals surface area contributed by atoms with Gasteiger partial charge in [-0.2, -0.15) is 0 Å². The molecule has 2 nitrogen and oxygen atoms in total. The van der Waals surface area contributed by atoms with E-state index in [2.05, 4.69) is 54.7 Å². The van der Waals surface area contributed by atoms with Gasteiger partial charge in [0.05, 0.1) is 0 Å². The van der Waals surface area contributed by atoms with Crippen molar-refractivity contribution in [2.45, 2.75) is 27.2 Å². The van der Waals surface area contributed by atoms with Gasteiger partial charge in [-0.15, -0.1) is 0 Å². The number of hydrogen-bond acceptors (Lipinski definition) is 1. The molecule has 0 aliphatic heterocycles. The molecule has 0 aliphatic rings. The van der Waals surface area contributed by atoms with Gasteiger partial charge < -0.3 is 5.32 Å². The summed E-state index contributed by atoms with van der Waals surface area (Å²) in [6, 6.07) is 24.2. The molecule has 0 fully saturated rings. The van der Waals surface area contributed by atoms with E-state index in [1.165, 1.54) is 16.3 Å². The minimum atomic E-state index is -0.0411. The lowest BCUT2D eigenvalue weighted by Gasteiger charge is -1.99. The number of rotatable bonds is 2. The van der Waals surface area contributed by atoms with Crippen LogP contribution in [0.4, 0.5) is 0 Å². The number of nitrogens with one attached hydrogen (secondary N) is 1. The zero-order valence-electron chi connectivity index (χ0n) is 15.0. The molecule has 2 heteroatoms. The summed E-state index contributed by atoms with van der Waals surface area (Å²) in [4.78, 5) is 10.9. The van der Waals surface area contributed by atoms with E-state index in [0.29, 0.717) is 5.56 Å². The maximum Gasteiger partial charge on any atom is 0.251 e. The third-order valence-electron chi connectivity index (χ3n) is 3.49. The number of carbonyl (C=O) groups is 1. The van der Waals surface area contributed by atoms with Crippen LogP contribution in [0.25, 0.3) is 10.8 Å². The summed E-state index contributed by atoms with van der Waals surface area (Å²) < 4.78 is 0. The first-order chi connectivity index (χ1) is 11.7. The molecule has 0 heterocycles. The van der Waals surface area contributed by atoms with Crippen molar-refractivity contribution in [2.75, 3.05) is 7.05 Å². The molecular formula is C22H27NO. The summed E-state index contributed by atoms with van der Waals surface area (Å²) in [6.45, 7) is 6.18. The number of carbonyl (C=O) groups excluding carboxylic acids is 1. The summed E-state index contributed by atoms with van der Waals surface area (Å²) in [5, 5.41) is 5.22. The third kappa shape index (κ3) is 5.88. The van der Waals surface area contributed by atoms with Crippen LogP contribution in [-0.2, 0) is 6.42 Å². The molecule has 0 saturated heterocycles. The van der Waals surface area contributed by atoms with Crippen molar-refractivity contribution in [1.29, 1.82) is 0 Å². The van der Waals surface area contributed by atoms with Crippen LogP contribution in [0.5, 0.6) is 0 Å². The van der Waals surface area contributed by atoms with Crippen molar-refractivity contribution in [3.63, 3.8) is 0 Å². The quantitative estimate of drug-likeness (QED) is 0.666. The predicted molar refractivity (Wildman–Crippen MR) is 105 cm³/mol. The Hall–Kier alpha value is -2.61. The summed E-state index contributed by atoms with van der Waals surface area (Å²) in [6.07, 6.45) is 1.12. The molecule has 0 unspecified atom stereocenters. The van der Waals surface area contributed by atoms with E-state index in [9.17, 15) is 4.79 Å². The van der Waals surface area contributed by atoms with Crippen LogP contribution < -0.4 is 5.32 Å². The molecule has 3 aromatic rings. The molecule has 1 amide bonds. The topological polar surface area (TPSA) is 29.1 Å². The Labute approximate surface area is 145 Å². The van der Waals surface area contributed by atoms with Gasteiger partial charge in [0.25, 0.3) is 5.91 Å². The van der Waals surface area contributed by atoms with Crippen LogP contribution in [0, 0.1) is 0 Å². The highest BCUT2D eigenvalue weighted by atomic mass is 16.1. The zero-order chi connectivity index (χ0) is 17.8. The fraction of sp³-hybridized carbons (Fsp3) is 0.227. The highest BCUT2D eigenvalue weighted by Gasteiger charge is 1.97. The summed E-state index contributed by atoms with van der Waals surface area (Å²) in [5.41, 5.74) is 2.11. The molecule has 3 aromatic carbocycles. The number of hydrogen-bond donors (Lipinski definition) is 1. The Kier molecular flexibility index (Phi) is 8.91. The highest BCUT2D eigenvalue weighted by Crippen LogP contribution is 2.15. The molecular weight excluding hydrogens is 294 g/mol. The van der Waals surface area contributed by atoms with E-state index in [1.54, 1.807) is 19.2 Å². The fourth-order valence-corrected chi connectivity index (χ4v) is 2.19. The van der Waals surface area contributed by atoms with Gasteiger partial charge in [-0.25, -0.2) is 0 Å². The zero-order valence-corrected chi connectivity index (χ0v) is 15.0. The standard InChI is InChI=1S/C12H12.C8H9NO.C2H6/c1-2-10-7-8-11-5-3-4-6-12(11)9-10;1-9-8(10)7-5-3-2-4-6-7;1-2/h3-9H,2H2,1H3;2-6H,1H3,(H,9,10);1-2H3. The molecule has 0 radical (unpaired) electrons. The number of aryl methyl sites for hydroxylation is 1. The van der Waals surface area contributed by atoms with Crippen molar-refractivity contribution in [2.24, 2.45) is 0 Å². The van der Waals surface area contributed by atoms with Crippen LogP contribution in [0.1, 0.15) is 36.7 Å². The third-order valence-corrected chi connectivity index (χ3v) is 3.49. The van der Waals surface area contributed by atoms with E-state index in [1.807, 2.05) is 32.0 Å². The number of fused-ring (bicyclic) bond motifs is 1. The molecule has 1 N–H and O–H groups in total. The fourth-order valence-electron chi connectivity index (χ4n) is 2.19. The minimum absolute atomic E-state index is 0.0411. The lowest BCUT2D eigenvalue weighted by molar-refractivity contribution is 0.0963. The maximum absolute atomic E-state index is 10.9. The van der Waals surface area contributed by atoms with E-state index < -0.39 is 0 Å². The van der Waals surface area contributed by atoms with Gasteiger partial charge in [0.1, 0.15) is 0 Å². The van der Waals surface area contributed by atoms with E-state index >= 15 is 0 Å². The van der Waals surface area contributed by atoms with Gasteiger partial charge in [0, 0.05) is 12.6 Å². The smallest absolute Gasteiger partial charge is 0.251 e. The van der Waals surface area contributed by atoms with E-state index in [0.717, 1.165) is 6.42 Å². The molecule has 0 aromatic heterocycles. The van der Waals surface area contributed by atoms with Crippen molar-refractivity contribution >= 4 is 16.7 Å². The normalized spacial score (nSPS) is 9.17. The molecule has 0 bridgehead atoms. The van der Waals surface area contributed by atoms with Crippen LogP contribution in [0.3, 0.4) is 0 Å². The summed E-state index contributed by atoms with van der Waals surface area (Å²) in [5.74, 6) is -0.0411. The Morgan fingerprint density at radius 2 is 1.42 bits per heavy atom. The molecule has 3 rings (SSSR count). The first kappa shape index (κ1) is 19.4.